The average molecular weight is 383 g/mol. The van der Waals surface area contributed by atoms with E-state index in [2.05, 4.69) is 45.2 Å². The van der Waals surface area contributed by atoms with Gasteiger partial charge in [-0.2, -0.15) is 0 Å². The van der Waals surface area contributed by atoms with Gasteiger partial charge >= 0.3 is 0 Å². The van der Waals surface area contributed by atoms with Crippen LogP contribution >= 0.6 is 15.9 Å². The van der Waals surface area contributed by atoms with Gasteiger partial charge in [0.1, 0.15) is 0 Å². The maximum Gasteiger partial charge on any atom is 0.242 e. The summed E-state index contributed by atoms with van der Waals surface area (Å²) in [5, 5.41) is 2.52. The van der Waals surface area contributed by atoms with Crippen molar-refractivity contribution in [1.82, 2.24) is 15.1 Å². The van der Waals surface area contributed by atoms with Gasteiger partial charge in [0.2, 0.25) is 11.8 Å². The largest absolute Gasteiger partial charge is 0.346 e. The fourth-order valence-corrected chi connectivity index (χ4v) is 2.93. The summed E-state index contributed by atoms with van der Waals surface area (Å²) in [6.45, 7) is 5.13. The fraction of sp³-hybridized carbons (Fsp3) is 0.500. The van der Waals surface area contributed by atoms with E-state index in [4.69, 9.17) is 5.73 Å². The van der Waals surface area contributed by atoms with Crippen LogP contribution in [0.4, 0.5) is 0 Å². The number of benzene rings is 1. The molecule has 1 fully saturated rings. The van der Waals surface area contributed by atoms with Crippen LogP contribution in [0.3, 0.4) is 0 Å². The fourth-order valence-electron chi connectivity index (χ4n) is 2.67. The molecular formula is C16H23BrN4O2. The number of hydrogen-bond donors (Lipinski definition) is 2. The van der Waals surface area contributed by atoms with Crippen molar-refractivity contribution in [2.24, 2.45) is 5.73 Å². The highest BCUT2D eigenvalue weighted by Gasteiger charge is 2.24. The lowest BCUT2D eigenvalue weighted by atomic mass is 10.1. The van der Waals surface area contributed by atoms with Crippen LogP contribution in [-0.2, 0) is 9.59 Å². The van der Waals surface area contributed by atoms with E-state index >= 15 is 0 Å². The SMILES string of the molecule is CC(c1ccc(Br)cc1)N1CCN(C(=O)CNC(=O)CN)CC1. The molecule has 0 radical (unpaired) electrons. The number of nitrogens with one attached hydrogen (secondary N) is 1. The van der Waals surface area contributed by atoms with Crippen molar-refractivity contribution in [3.8, 4) is 0 Å². The molecule has 3 N–H and O–H groups in total. The Hall–Kier alpha value is -1.44. The molecule has 23 heavy (non-hydrogen) atoms. The molecule has 0 saturated carbocycles. The van der Waals surface area contributed by atoms with E-state index in [-0.39, 0.29) is 24.9 Å². The van der Waals surface area contributed by atoms with E-state index in [1.807, 2.05) is 12.1 Å². The topological polar surface area (TPSA) is 78.7 Å². The molecule has 1 aromatic carbocycles. The standard InChI is InChI=1S/C16H23BrN4O2/c1-12(13-2-4-14(17)5-3-13)20-6-8-21(9-7-20)16(23)11-19-15(22)10-18/h2-5,12H,6-11,18H2,1H3,(H,19,22). The van der Waals surface area contributed by atoms with Gasteiger partial charge in [-0.1, -0.05) is 28.1 Å². The summed E-state index contributed by atoms with van der Waals surface area (Å²) < 4.78 is 1.07. The van der Waals surface area contributed by atoms with Crippen molar-refractivity contribution in [3.05, 3.63) is 34.3 Å². The van der Waals surface area contributed by atoms with E-state index in [0.29, 0.717) is 19.1 Å². The second-order valence-electron chi connectivity index (χ2n) is 5.63. The molecular weight excluding hydrogens is 360 g/mol. The van der Waals surface area contributed by atoms with Gasteiger partial charge in [0.05, 0.1) is 13.1 Å². The Kier molecular flexibility index (Phi) is 6.56. The van der Waals surface area contributed by atoms with Crippen molar-refractivity contribution >= 4 is 27.7 Å². The van der Waals surface area contributed by atoms with E-state index in [1.54, 1.807) is 4.90 Å². The zero-order valence-electron chi connectivity index (χ0n) is 13.3. The van der Waals surface area contributed by atoms with Crippen molar-refractivity contribution in [2.75, 3.05) is 39.3 Å². The second-order valence-corrected chi connectivity index (χ2v) is 6.54. The Bertz CT molecular complexity index is 542. The summed E-state index contributed by atoms with van der Waals surface area (Å²) in [5.41, 5.74) is 6.47. The molecule has 1 aromatic rings. The first kappa shape index (κ1) is 17.9. The van der Waals surface area contributed by atoms with Crippen LogP contribution in [0.1, 0.15) is 18.5 Å². The molecule has 1 saturated heterocycles. The number of hydrogen-bond acceptors (Lipinski definition) is 4. The maximum absolute atomic E-state index is 12.0. The first-order valence-electron chi connectivity index (χ1n) is 7.75. The van der Waals surface area contributed by atoms with E-state index < -0.39 is 0 Å². The van der Waals surface area contributed by atoms with Gasteiger partial charge in [-0.05, 0) is 24.6 Å². The maximum atomic E-state index is 12.0. The van der Waals surface area contributed by atoms with Crippen LogP contribution in [0.5, 0.6) is 0 Å². The van der Waals surface area contributed by atoms with Crippen LogP contribution in [-0.4, -0.2) is 60.9 Å². The third kappa shape index (κ3) is 5.02. The number of amides is 2. The van der Waals surface area contributed by atoms with E-state index in [0.717, 1.165) is 17.6 Å². The van der Waals surface area contributed by atoms with Gasteiger partial charge in [-0.3, -0.25) is 14.5 Å². The van der Waals surface area contributed by atoms with E-state index in [9.17, 15) is 9.59 Å². The van der Waals surface area contributed by atoms with Gasteiger partial charge in [-0.25, -0.2) is 0 Å². The normalized spacial score (nSPS) is 16.9. The predicted molar refractivity (Wildman–Crippen MR) is 92.8 cm³/mol. The summed E-state index contributed by atoms with van der Waals surface area (Å²) in [6, 6.07) is 8.65. The molecule has 1 heterocycles. The average Bonchev–Trinajstić information content (AvgIpc) is 2.59. The van der Waals surface area contributed by atoms with Gasteiger partial charge in [-0.15, -0.1) is 0 Å². The number of carbonyl (C=O) groups is 2. The summed E-state index contributed by atoms with van der Waals surface area (Å²) in [6.07, 6.45) is 0. The Morgan fingerprint density at radius 1 is 1.22 bits per heavy atom. The number of halogens is 1. The van der Waals surface area contributed by atoms with Crippen molar-refractivity contribution in [3.63, 3.8) is 0 Å². The minimum Gasteiger partial charge on any atom is -0.346 e. The minimum atomic E-state index is -0.305. The molecule has 1 aliphatic heterocycles. The van der Waals surface area contributed by atoms with Crippen LogP contribution in [0.15, 0.2) is 28.7 Å². The van der Waals surface area contributed by atoms with Crippen LogP contribution in [0.2, 0.25) is 0 Å². The second kappa shape index (κ2) is 8.42. The molecule has 1 atom stereocenters. The van der Waals surface area contributed by atoms with Crippen LogP contribution < -0.4 is 11.1 Å². The molecule has 1 aliphatic rings. The quantitative estimate of drug-likeness (QED) is 0.786. The predicted octanol–water partition coefficient (Wildman–Crippen LogP) is 0.729. The first-order valence-corrected chi connectivity index (χ1v) is 8.54. The number of nitrogens with zero attached hydrogens (tertiary/aromatic N) is 2. The summed E-state index contributed by atoms with van der Waals surface area (Å²) in [7, 11) is 0. The molecule has 0 spiro atoms. The Morgan fingerprint density at radius 2 is 1.83 bits per heavy atom. The number of piperazine rings is 1. The lowest BCUT2D eigenvalue weighted by Gasteiger charge is -2.38. The van der Waals surface area contributed by atoms with Crippen molar-refractivity contribution < 1.29 is 9.59 Å². The third-order valence-electron chi connectivity index (χ3n) is 4.19. The van der Waals surface area contributed by atoms with Crippen molar-refractivity contribution in [2.45, 2.75) is 13.0 Å². The monoisotopic (exact) mass is 382 g/mol. The van der Waals surface area contributed by atoms with Crippen LogP contribution in [0.25, 0.3) is 0 Å². The van der Waals surface area contributed by atoms with Gasteiger partial charge < -0.3 is 16.0 Å². The Morgan fingerprint density at radius 3 is 2.39 bits per heavy atom. The summed E-state index contributed by atoms with van der Waals surface area (Å²) in [5.74, 6) is -0.358. The van der Waals surface area contributed by atoms with Gasteiger partial charge in [0.15, 0.2) is 0 Å². The molecule has 2 rings (SSSR count). The molecule has 7 heteroatoms. The number of carbonyl (C=O) groups excluding carboxylic acids is 2. The molecule has 2 amide bonds. The van der Waals surface area contributed by atoms with Crippen molar-refractivity contribution in [1.29, 1.82) is 0 Å². The Balaban J connectivity index is 1.82. The highest BCUT2D eigenvalue weighted by Crippen LogP contribution is 2.23. The minimum absolute atomic E-state index is 0.0261. The number of rotatable bonds is 5. The van der Waals surface area contributed by atoms with E-state index in [1.165, 1.54) is 5.56 Å². The van der Waals surface area contributed by atoms with Crippen LogP contribution in [0, 0.1) is 0 Å². The molecule has 126 valence electrons. The third-order valence-corrected chi connectivity index (χ3v) is 4.72. The molecule has 0 aromatic heterocycles. The lowest BCUT2D eigenvalue weighted by molar-refractivity contribution is -0.134. The van der Waals surface area contributed by atoms with Gasteiger partial charge in [0, 0.05) is 36.7 Å². The summed E-state index contributed by atoms with van der Waals surface area (Å²) in [4.78, 5) is 27.3. The van der Waals surface area contributed by atoms with Gasteiger partial charge in [0.25, 0.3) is 0 Å². The summed E-state index contributed by atoms with van der Waals surface area (Å²) >= 11 is 3.45. The zero-order valence-corrected chi connectivity index (χ0v) is 14.9. The lowest BCUT2D eigenvalue weighted by Crippen LogP contribution is -2.51. The smallest absolute Gasteiger partial charge is 0.242 e. The molecule has 0 bridgehead atoms. The highest BCUT2D eigenvalue weighted by atomic mass is 79.9. The Labute approximate surface area is 145 Å². The zero-order chi connectivity index (χ0) is 16.8. The highest BCUT2D eigenvalue weighted by molar-refractivity contribution is 9.10. The molecule has 6 nitrogen and oxygen atoms in total. The number of nitrogens with two attached hydrogens (primary N) is 1. The first-order chi connectivity index (χ1) is 11.0. The molecule has 0 aliphatic carbocycles. The molecule has 1 unspecified atom stereocenters.